The van der Waals surface area contributed by atoms with Crippen LogP contribution in [0.2, 0.25) is 0 Å². The first-order chi connectivity index (χ1) is 14.1. The minimum atomic E-state index is -0.700. The van der Waals surface area contributed by atoms with E-state index in [2.05, 4.69) is 26.0 Å². The molecule has 1 aliphatic heterocycles. The van der Waals surface area contributed by atoms with Crippen LogP contribution in [0.1, 0.15) is 29.8 Å². The number of ether oxygens (including phenoxy) is 2. The fraction of sp³-hybridized carbons (Fsp3) is 0.136. The lowest BCUT2D eigenvalue weighted by atomic mass is 10.1. The molecule has 1 amide bonds. The summed E-state index contributed by atoms with van der Waals surface area (Å²) in [6.45, 7) is 1.85. The van der Waals surface area contributed by atoms with Gasteiger partial charge in [-0.1, -0.05) is 40.2 Å². The Hall–Kier alpha value is -3.19. The third kappa shape index (κ3) is 4.30. The van der Waals surface area contributed by atoms with Gasteiger partial charge in [0.25, 0.3) is 0 Å². The van der Waals surface area contributed by atoms with Gasteiger partial charge in [0.1, 0.15) is 12.4 Å². The van der Waals surface area contributed by atoms with E-state index in [0.29, 0.717) is 18.3 Å². The minimum absolute atomic E-state index is 0.221. The number of nitrogens with zero attached hydrogens (tertiary/aromatic N) is 3. The zero-order chi connectivity index (χ0) is 20.2. The van der Waals surface area contributed by atoms with Crippen LogP contribution < -0.4 is 4.74 Å². The van der Waals surface area contributed by atoms with Crippen molar-refractivity contribution in [3.05, 3.63) is 94.2 Å². The van der Waals surface area contributed by atoms with Crippen LogP contribution >= 0.6 is 15.9 Å². The maximum Gasteiger partial charge on any atom is 0.243 e. The second-order valence-corrected chi connectivity index (χ2v) is 7.35. The molecule has 146 valence electrons. The van der Waals surface area contributed by atoms with Crippen molar-refractivity contribution < 1.29 is 14.3 Å². The first kappa shape index (κ1) is 19.1. The van der Waals surface area contributed by atoms with Gasteiger partial charge in [-0.15, -0.1) is 5.10 Å². The van der Waals surface area contributed by atoms with Crippen LogP contribution in [0.4, 0.5) is 0 Å². The number of halogens is 1. The number of benzene rings is 2. The number of hydrogen-bond donors (Lipinski definition) is 0. The van der Waals surface area contributed by atoms with Crippen molar-refractivity contribution in [2.24, 2.45) is 5.10 Å². The Morgan fingerprint density at radius 1 is 1.14 bits per heavy atom. The number of aromatic nitrogens is 1. The molecule has 4 rings (SSSR count). The molecule has 1 atom stereocenters. The second kappa shape index (κ2) is 8.45. The molecule has 2 heterocycles. The zero-order valence-electron chi connectivity index (χ0n) is 15.7. The molecule has 0 spiro atoms. The summed E-state index contributed by atoms with van der Waals surface area (Å²) >= 11 is 3.47. The standard InChI is InChI=1S/C22H18BrN3O3/c1-15(27)26-22(29-21(25-26)17-9-11-24-12-10-17)19-7-2-3-8-20(19)28-14-16-5-4-6-18(23)13-16/h2-13,22H,14H2,1H3/t22-/m0/s1. The highest BCUT2D eigenvalue weighted by Crippen LogP contribution is 2.35. The van der Waals surface area contributed by atoms with Gasteiger partial charge in [-0.3, -0.25) is 9.78 Å². The van der Waals surface area contributed by atoms with Gasteiger partial charge in [0, 0.05) is 29.4 Å². The number of para-hydroxylation sites is 1. The molecular weight excluding hydrogens is 434 g/mol. The first-order valence-electron chi connectivity index (χ1n) is 9.03. The van der Waals surface area contributed by atoms with Crippen molar-refractivity contribution in [2.45, 2.75) is 19.8 Å². The molecule has 0 fully saturated rings. The smallest absolute Gasteiger partial charge is 0.243 e. The first-order valence-corrected chi connectivity index (χ1v) is 9.83. The molecule has 0 N–H and O–H groups in total. The summed E-state index contributed by atoms with van der Waals surface area (Å²) in [6.07, 6.45) is 2.61. The fourth-order valence-corrected chi connectivity index (χ4v) is 3.43. The van der Waals surface area contributed by atoms with Gasteiger partial charge in [-0.05, 0) is 42.0 Å². The number of amides is 1. The SMILES string of the molecule is CC(=O)N1N=C(c2ccncc2)O[C@H]1c1ccccc1OCc1cccc(Br)c1. The van der Waals surface area contributed by atoms with Crippen LogP contribution in [0.5, 0.6) is 5.75 Å². The van der Waals surface area contributed by atoms with Crippen molar-refractivity contribution in [1.29, 1.82) is 0 Å². The molecule has 1 aliphatic rings. The average Bonchev–Trinajstić information content (AvgIpc) is 3.19. The summed E-state index contributed by atoms with van der Waals surface area (Å²) in [4.78, 5) is 16.2. The minimum Gasteiger partial charge on any atom is -0.488 e. The van der Waals surface area contributed by atoms with Crippen LogP contribution in [0.3, 0.4) is 0 Å². The maximum atomic E-state index is 12.2. The highest BCUT2D eigenvalue weighted by atomic mass is 79.9. The predicted octanol–water partition coefficient (Wildman–Crippen LogP) is 4.66. The van der Waals surface area contributed by atoms with E-state index in [1.807, 2.05) is 48.5 Å². The number of carbonyl (C=O) groups excluding carboxylic acids is 1. The third-order valence-electron chi connectivity index (χ3n) is 4.36. The number of carbonyl (C=O) groups is 1. The van der Waals surface area contributed by atoms with Gasteiger partial charge < -0.3 is 9.47 Å². The Labute approximate surface area is 176 Å². The topological polar surface area (TPSA) is 64.0 Å². The van der Waals surface area contributed by atoms with Crippen LogP contribution in [0.15, 0.2) is 82.6 Å². The molecule has 0 aliphatic carbocycles. The third-order valence-corrected chi connectivity index (χ3v) is 4.86. The normalized spacial score (nSPS) is 15.6. The lowest BCUT2D eigenvalue weighted by Crippen LogP contribution is -2.25. The largest absolute Gasteiger partial charge is 0.488 e. The molecule has 0 radical (unpaired) electrons. The van der Waals surface area contributed by atoms with E-state index in [0.717, 1.165) is 21.2 Å². The molecular formula is C22H18BrN3O3. The van der Waals surface area contributed by atoms with Crippen molar-refractivity contribution in [3.8, 4) is 5.75 Å². The van der Waals surface area contributed by atoms with E-state index in [1.165, 1.54) is 11.9 Å². The van der Waals surface area contributed by atoms with E-state index in [1.54, 1.807) is 24.5 Å². The maximum absolute atomic E-state index is 12.2. The van der Waals surface area contributed by atoms with E-state index < -0.39 is 6.23 Å². The zero-order valence-corrected chi connectivity index (χ0v) is 17.2. The summed E-state index contributed by atoms with van der Waals surface area (Å²) in [7, 11) is 0. The van der Waals surface area contributed by atoms with Crippen molar-refractivity contribution in [3.63, 3.8) is 0 Å². The molecule has 0 bridgehead atoms. The molecule has 7 heteroatoms. The summed E-state index contributed by atoms with van der Waals surface area (Å²) < 4.78 is 13.1. The van der Waals surface area contributed by atoms with Crippen LogP contribution in [-0.4, -0.2) is 21.8 Å². The van der Waals surface area contributed by atoms with Gasteiger partial charge in [-0.25, -0.2) is 0 Å². The average molecular weight is 452 g/mol. The molecule has 0 unspecified atom stereocenters. The number of hydrogen-bond acceptors (Lipinski definition) is 5. The number of rotatable bonds is 5. The van der Waals surface area contributed by atoms with Crippen LogP contribution in [0.25, 0.3) is 0 Å². The molecule has 0 saturated heterocycles. The highest BCUT2D eigenvalue weighted by Gasteiger charge is 2.34. The van der Waals surface area contributed by atoms with E-state index in [4.69, 9.17) is 9.47 Å². The second-order valence-electron chi connectivity index (χ2n) is 6.43. The summed E-state index contributed by atoms with van der Waals surface area (Å²) in [5, 5.41) is 5.71. The molecule has 1 aromatic heterocycles. The Kier molecular flexibility index (Phi) is 5.57. The van der Waals surface area contributed by atoms with Crippen LogP contribution in [0, 0.1) is 0 Å². The highest BCUT2D eigenvalue weighted by molar-refractivity contribution is 9.10. The molecule has 3 aromatic rings. The van der Waals surface area contributed by atoms with E-state index in [9.17, 15) is 4.79 Å². The van der Waals surface area contributed by atoms with Gasteiger partial charge >= 0.3 is 0 Å². The van der Waals surface area contributed by atoms with Crippen molar-refractivity contribution >= 4 is 27.7 Å². The molecule has 6 nitrogen and oxygen atoms in total. The molecule has 0 saturated carbocycles. The monoisotopic (exact) mass is 451 g/mol. The van der Waals surface area contributed by atoms with Gasteiger partial charge in [-0.2, -0.15) is 5.01 Å². The Morgan fingerprint density at radius 2 is 1.93 bits per heavy atom. The Morgan fingerprint density at radius 3 is 2.69 bits per heavy atom. The quantitative estimate of drug-likeness (QED) is 0.565. The molecule has 29 heavy (non-hydrogen) atoms. The number of pyridine rings is 1. The lowest BCUT2D eigenvalue weighted by molar-refractivity contribution is -0.135. The van der Waals surface area contributed by atoms with Gasteiger partial charge in [0.15, 0.2) is 0 Å². The van der Waals surface area contributed by atoms with Gasteiger partial charge in [0.2, 0.25) is 18.0 Å². The lowest BCUT2D eigenvalue weighted by Gasteiger charge is -2.22. The summed E-state index contributed by atoms with van der Waals surface area (Å²) in [5.74, 6) is 0.783. The summed E-state index contributed by atoms with van der Waals surface area (Å²) in [5.41, 5.74) is 2.51. The van der Waals surface area contributed by atoms with Crippen molar-refractivity contribution in [2.75, 3.05) is 0 Å². The van der Waals surface area contributed by atoms with Gasteiger partial charge in [0.05, 0.1) is 5.56 Å². The van der Waals surface area contributed by atoms with Crippen LogP contribution in [-0.2, 0) is 16.1 Å². The molecule has 2 aromatic carbocycles. The van der Waals surface area contributed by atoms with E-state index in [-0.39, 0.29) is 5.91 Å². The Balaban J connectivity index is 1.60. The predicted molar refractivity (Wildman–Crippen MR) is 112 cm³/mol. The van der Waals surface area contributed by atoms with E-state index >= 15 is 0 Å². The Bertz CT molecular complexity index is 1060. The van der Waals surface area contributed by atoms with Crippen molar-refractivity contribution in [1.82, 2.24) is 9.99 Å². The summed E-state index contributed by atoms with van der Waals surface area (Å²) in [6, 6.07) is 19.0. The fourth-order valence-electron chi connectivity index (χ4n) is 2.98. The number of hydrazone groups is 1.